The van der Waals surface area contributed by atoms with Crippen molar-refractivity contribution in [2.45, 2.75) is 51.3 Å². The lowest BCUT2D eigenvalue weighted by molar-refractivity contribution is -0.143. The van der Waals surface area contributed by atoms with E-state index in [1.165, 1.54) is 6.07 Å². The summed E-state index contributed by atoms with van der Waals surface area (Å²) in [4.78, 5) is 15.0. The van der Waals surface area contributed by atoms with E-state index in [0.717, 1.165) is 44.5 Å². The maximum Gasteiger partial charge on any atom is 0.417 e. The van der Waals surface area contributed by atoms with Gasteiger partial charge in [-0.1, -0.05) is 0 Å². The first-order valence-corrected chi connectivity index (χ1v) is 8.94. The molecule has 1 aliphatic carbocycles. The van der Waals surface area contributed by atoms with E-state index in [4.69, 9.17) is 9.47 Å². The summed E-state index contributed by atoms with van der Waals surface area (Å²) >= 11 is 0. The van der Waals surface area contributed by atoms with Gasteiger partial charge in [-0.3, -0.25) is 4.79 Å². The van der Waals surface area contributed by atoms with Gasteiger partial charge >= 0.3 is 12.1 Å². The Hall–Kier alpha value is -1.83. The minimum absolute atomic E-state index is 0.0185. The number of carbonyl (C=O) groups is 1. The Balaban J connectivity index is 1.65. The number of nitrogens with zero attached hydrogens (tertiary/aromatic N) is 1. The lowest BCUT2D eigenvalue weighted by atomic mass is 9.87. The van der Waals surface area contributed by atoms with Gasteiger partial charge in [-0.15, -0.1) is 0 Å². The normalized spacial score (nSPS) is 20.6. The van der Waals surface area contributed by atoms with E-state index >= 15 is 0 Å². The van der Waals surface area contributed by atoms with E-state index in [1.54, 1.807) is 6.92 Å². The smallest absolute Gasteiger partial charge is 0.417 e. The van der Waals surface area contributed by atoms with E-state index in [1.807, 2.05) is 0 Å². The van der Waals surface area contributed by atoms with Gasteiger partial charge in [0, 0.05) is 18.8 Å². The van der Waals surface area contributed by atoms with Crippen molar-refractivity contribution in [3.05, 3.63) is 23.9 Å². The van der Waals surface area contributed by atoms with Gasteiger partial charge in [-0.25, -0.2) is 4.98 Å². The third-order valence-electron chi connectivity index (χ3n) is 4.39. The molecule has 1 saturated carbocycles. The average Bonchev–Trinajstić information content (AvgIpc) is 2.60. The fraction of sp³-hybridized carbons (Fsp3) is 0.667. The summed E-state index contributed by atoms with van der Waals surface area (Å²) in [6, 6.07) is 2.26. The molecule has 1 aromatic heterocycles. The molecule has 0 radical (unpaired) electrons. The van der Waals surface area contributed by atoms with Crippen LogP contribution in [0.15, 0.2) is 18.3 Å². The van der Waals surface area contributed by atoms with E-state index in [2.05, 4.69) is 10.3 Å². The second-order valence-electron chi connectivity index (χ2n) is 6.40. The molecule has 8 heteroatoms. The molecule has 0 unspecified atom stereocenters. The molecule has 1 heterocycles. The van der Waals surface area contributed by atoms with E-state index in [-0.39, 0.29) is 18.0 Å². The first-order valence-electron chi connectivity index (χ1n) is 8.94. The first kappa shape index (κ1) is 20.5. The topological polar surface area (TPSA) is 60.5 Å². The van der Waals surface area contributed by atoms with Crippen LogP contribution in [-0.4, -0.2) is 36.8 Å². The molecule has 146 valence electrons. The first-order chi connectivity index (χ1) is 12.4. The molecule has 0 aliphatic heterocycles. The number of rotatable bonds is 8. The van der Waals surface area contributed by atoms with Crippen molar-refractivity contribution in [2.75, 3.05) is 19.7 Å². The van der Waals surface area contributed by atoms with Crippen LogP contribution in [-0.2, 0) is 15.7 Å². The molecule has 0 bridgehead atoms. The standard InChI is InChI=1S/C18H25F3N2O3/c1-2-25-17(24)9-10-22-11-13-3-6-15(7-4-13)26-16-8-5-14(12-23-16)18(19,20)21/h5,8,12-13,15,22H,2-4,6-7,9-11H2,1H3. The maximum absolute atomic E-state index is 12.5. The molecule has 0 saturated heterocycles. The van der Waals surface area contributed by atoms with E-state index in [9.17, 15) is 18.0 Å². The van der Waals surface area contributed by atoms with Gasteiger partial charge in [0.05, 0.1) is 18.6 Å². The van der Waals surface area contributed by atoms with Crippen LogP contribution in [0.5, 0.6) is 5.88 Å². The SMILES string of the molecule is CCOC(=O)CCNCC1CCC(Oc2ccc(C(F)(F)F)cn2)CC1. The van der Waals surface area contributed by atoms with Crippen molar-refractivity contribution in [3.63, 3.8) is 0 Å². The Morgan fingerprint density at radius 3 is 2.58 bits per heavy atom. The number of ether oxygens (including phenoxy) is 2. The molecular weight excluding hydrogens is 349 g/mol. The number of esters is 1. The molecule has 1 aliphatic rings. The fourth-order valence-electron chi connectivity index (χ4n) is 2.97. The molecular formula is C18H25F3N2O3. The number of hydrogen-bond acceptors (Lipinski definition) is 5. The Bertz CT molecular complexity index is 556. The number of alkyl halides is 3. The molecule has 2 rings (SSSR count). The van der Waals surface area contributed by atoms with E-state index in [0.29, 0.717) is 25.5 Å². The number of aromatic nitrogens is 1. The summed E-state index contributed by atoms with van der Waals surface area (Å²) in [5.41, 5.74) is -0.776. The molecule has 0 atom stereocenters. The van der Waals surface area contributed by atoms with Gasteiger partial charge in [0.1, 0.15) is 6.10 Å². The Kier molecular flexibility index (Phi) is 7.68. The van der Waals surface area contributed by atoms with Gasteiger partial charge in [0.15, 0.2) is 0 Å². The lowest BCUT2D eigenvalue weighted by Crippen LogP contribution is -2.31. The second-order valence-corrected chi connectivity index (χ2v) is 6.40. The van der Waals surface area contributed by atoms with Crippen LogP contribution < -0.4 is 10.1 Å². The molecule has 1 fully saturated rings. The van der Waals surface area contributed by atoms with Gasteiger partial charge < -0.3 is 14.8 Å². The summed E-state index contributed by atoms with van der Waals surface area (Å²) in [6.07, 6.45) is 0.384. The number of halogens is 3. The molecule has 5 nitrogen and oxygen atoms in total. The zero-order chi connectivity index (χ0) is 19.0. The third-order valence-corrected chi connectivity index (χ3v) is 4.39. The van der Waals surface area contributed by atoms with Crippen molar-refractivity contribution < 1.29 is 27.4 Å². The molecule has 1 aromatic rings. The maximum atomic E-state index is 12.5. The Morgan fingerprint density at radius 1 is 1.27 bits per heavy atom. The van der Waals surface area contributed by atoms with Crippen LogP contribution in [0, 0.1) is 5.92 Å². The Morgan fingerprint density at radius 2 is 2.00 bits per heavy atom. The fourth-order valence-corrected chi connectivity index (χ4v) is 2.97. The van der Waals surface area contributed by atoms with Crippen molar-refractivity contribution in [1.29, 1.82) is 0 Å². The highest BCUT2D eigenvalue weighted by molar-refractivity contribution is 5.69. The minimum Gasteiger partial charge on any atom is -0.474 e. The van der Waals surface area contributed by atoms with Gasteiger partial charge in [0.2, 0.25) is 5.88 Å². The lowest BCUT2D eigenvalue weighted by Gasteiger charge is -2.28. The second kappa shape index (κ2) is 9.75. The number of carbonyl (C=O) groups excluding carboxylic acids is 1. The zero-order valence-electron chi connectivity index (χ0n) is 14.8. The highest BCUT2D eigenvalue weighted by atomic mass is 19.4. The monoisotopic (exact) mass is 374 g/mol. The van der Waals surface area contributed by atoms with E-state index < -0.39 is 11.7 Å². The highest BCUT2D eigenvalue weighted by Crippen LogP contribution is 2.30. The molecule has 1 N–H and O–H groups in total. The number of hydrogen-bond donors (Lipinski definition) is 1. The van der Waals surface area contributed by atoms with Crippen molar-refractivity contribution in [1.82, 2.24) is 10.3 Å². The molecule has 0 amide bonds. The average molecular weight is 374 g/mol. The van der Waals surface area contributed by atoms with Crippen molar-refractivity contribution in [3.8, 4) is 5.88 Å². The molecule has 0 spiro atoms. The molecule has 26 heavy (non-hydrogen) atoms. The van der Waals surface area contributed by atoms with Crippen LogP contribution in [0.3, 0.4) is 0 Å². The van der Waals surface area contributed by atoms with Crippen LogP contribution in [0.2, 0.25) is 0 Å². The largest absolute Gasteiger partial charge is 0.474 e. The van der Waals surface area contributed by atoms with Crippen LogP contribution >= 0.6 is 0 Å². The predicted octanol–water partition coefficient (Wildman–Crippen LogP) is 3.58. The summed E-state index contributed by atoms with van der Waals surface area (Å²) < 4.78 is 48.1. The summed E-state index contributed by atoms with van der Waals surface area (Å²) in [6.45, 7) is 3.62. The zero-order valence-corrected chi connectivity index (χ0v) is 14.8. The summed E-state index contributed by atoms with van der Waals surface area (Å²) in [5.74, 6) is 0.549. The van der Waals surface area contributed by atoms with Crippen molar-refractivity contribution >= 4 is 5.97 Å². The van der Waals surface area contributed by atoms with Gasteiger partial charge in [-0.2, -0.15) is 13.2 Å². The van der Waals surface area contributed by atoms with Crippen molar-refractivity contribution in [2.24, 2.45) is 5.92 Å². The number of pyridine rings is 1. The minimum atomic E-state index is -4.39. The Labute approximate surface area is 151 Å². The van der Waals surface area contributed by atoms with Gasteiger partial charge in [-0.05, 0) is 51.1 Å². The van der Waals surface area contributed by atoms with Crippen LogP contribution in [0.25, 0.3) is 0 Å². The third kappa shape index (κ3) is 6.82. The number of nitrogens with one attached hydrogen (secondary N) is 1. The summed E-state index contributed by atoms with van der Waals surface area (Å²) in [7, 11) is 0. The van der Waals surface area contributed by atoms with Crippen LogP contribution in [0.1, 0.15) is 44.6 Å². The predicted molar refractivity (Wildman–Crippen MR) is 89.7 cm³/mol. The van der Waals surface area contributed by atoms with Gasteiger partial charge in [0.25, 0.3) is 0 Å². The van der Waals surface area contributed by atoms with Crippen LogP contribution in [0.4, 0.5) is 13.2 Å². The summed E-state index contributed by atoms with van der Waals surface area (Å²) in [5, 5.41) is 3.27. The quantitative estimate of drug-likeness (QED) is 0.557. The highest BCUT2D eigenvalue weighted by Gasteiger charge is 2.31. The molecule has 0 aromatic carbocycles.